The summed E-state index contributed by atoms with van der Waals surface area (Å²) in [6.07, 6.45) is -0.753. The van der Waals surface area contributed by atoms with Gasteiger partial charge in [-0.3, -0.25) is 9.59 Å². The van der Waals surface area contributed by atoms with Crippen molar-refractivity contribution in [2.45, 2.75) is 13.0 Å². The maximum absolute atomic E-state index is 12.1. The largest absolute Gasteiger partial charge is 0.479 e. The molecule has 0 spiro atoms. The molecule has 0 aromatic heterocycles. The van der Waals surface area contributed by atoms with Gasteiger partial charge in [0.05, 0.1) is 5.02 Å². The van der Waals surface area contributed by atoms with Crippen LogP contribution in [0.5, 0.6) is 5.75 Å². The number of anilines is 1. The third-order valence-electron chi connectivity index (χ3n) is 2.92. The van der Waals surface area contributed by atoms with E-state index >= 15 is 0 Å². The van der Waals surface area contributed by atoms with Crippen molar-refractivity contribution in [1.82, 2.24) is 0 Å². The Kier molecular flexibility index (Phi) is 5.01. The molecule has 0 bridgehead atoms. The fourth-order valence-electron chi connectivity index (χ4n) is 1.78. The van der Waals surface area contributed by atoms with Crippen molar-refractivity contribution in [1.29, 1.82) is 0 Å². The second-order valence-corrected chi connectivity index (χ2v) is 5.03. The smallest absolute Gasteiger partial charge is 0.265 e. The molecule has 0 aliphatic heterocycles. The number of ether oxygens (including phenoxy) is 1. The summed E-state index contributed by atoms with van der Waals surface area (Å²) in [7, 11) is 0. The van der Waals surface area contributed by atoms with E-state index in [0.717, 1.165) is 0 Å². The van der Waals surface area contributed by atoms with E-state index in [2.05, 4.69) is 5.32 Å². The van der Waals surface area contributed by atoms with Gasteiger partial charge in [0.1, 0.15) is 5.75 Å². The minimum absolute atomic E-state index is 0.317. The van der Waals surface area contributed by atoms with Gasteiger partial charge < -0.3 is 15.8 Å². The number of carbonyl (C=O) groups is 2. The van der Waals surface area contributed by atoms with Crippen molar-refractivity contribution in [2.24, 2.45) is 5.73 Å². The zero-order chi connectivity index (χ0) is 16.1. The van der Waals surface area contributed by atoms with Crippen LogP contribution in [-0.4, -0.2) is 17.9 Å². The molecule has 2 rings (SSSR count). The second kappa shape index (κ2) is 6.95. The van der Waals surface area contributed by atoms with Crippen LogP contribution in [0.15, 0.2) is 48.5 Å². The molecule has 0 heterocycles. The number of para-hydroxylation sites is 1. The van der Waals surface area contributed by atoms with Crippen LogP contribution in [0.25, 0.3) is 0 Å². The number of nitrogens with one attached hydrogen (secondary N) is 1. The minimum Gasteiger partial charge on any atom is -0.479 e. The molecule has 22 heavy (non-hydrogen) atoms. The van der Waals surface area contributed by atoms with Gasteiger partial charge in [0, 0.05) is 11.3 Å². The molecular formula is C16H15ClN2O3. The van der Waals surface area contributed by atoms with Crippen LogP contribution in [0.3, 0.4) is 0 Å². The number of nitrogens with two attached hydrogens (primary N) is 1. The number of primary amides is 1. The van der Waals surface area contributed by atoms with Crippen molar-refractivity contribution < 1.29 is 14.3 Å². The summed E-state index contributed by atoms with van der Waals surface area (Å²) in [6.45, 7) is 1.61. The highest BCUT2D eigenvalue weighted by atomic mass is 35.5. The molecule has 0 fully saturated rings. The lowest BCUT2D eigenvalue weighted by atomic mass is 10.2. The summed E-state index contributed by atoms with van der Waals surface area (Å²) in [6, 6.07) is 13.3. The van der Waals surface area contributed by atoms with Gasteiger partial charge in [-0.1, -0.05) is 29.8 Å². The SMILES string of the molecule is C[C@@H](Oc1ccccc1Cl)C(=O)Nc1cccc(C(N)=O)c1. The summed E-state index contributed by atoms with van der Waals surface area (Å²) >= 11 is 5.98. The third kappa shape index (κ3) is 3.99. The summed E-state index contributed by atoms with van der Waals surface area (Å²) in [5.41, 5.74) is 5.99. The number of hydrogen-bond acceptors (Lipinski definition) is 3. The number of hydrogen-bond donors (Lipinski definition) is 2. The van der Waals surface area contributed by atoms with Crippen molar-refractivity contribution in [3.05, 3.63) is 59.1 Å². The Balaban J connectivity index is 2.04. The first-order valence-electron chi connectivity index (χ1n) is 6.59. The molecule has 114 valence electrons. The Morgan fingerprint density at radius 1 is 1.18 bits per heavy atom. The Morgan fingerprint density at radius 2 is 1.91 bits per heavy atom. The van der Waals surface area contributed by atoms with Gasteiger partial charge in [0.15, 0.2) is 6.10 Å². The highest BCUT2D eigenvalue weighted by molar-refractivity contribution is 6.32. The van der Waals surface area contributed by atoms with Crippen LogP contribution in [0.4, 0.5) is 5.69 Å². The number of rotatable bonds is 5. The van der Waals surface area contributed by atoms with Gasteiger partial charge in [0.25, 0.3) is 5.91 Å². The Labute approximate surface area is 133 Å². The van der Waals surface area contributed by atoms with Crippen LogP contribution >= 0.6 is 11.6 Å². The molecule has 1 atom stereocenters. The predicted molar refractivity (Wildman–Crippen MR) is 85.1 cm³/mol. The van der Waals surface area contributed by atoms with Crippen molar-refractivity contribution in [3.8, 4) is 5.75 Å². The molecule has 6 heteroatoms. The number of benzene rings is 2. The van der Waals surface area contributed by atoms with E-state index in [9.17, 15) is 9.59 Å². The van der Waals surface area contributed by atoms with Crippen LogP contribution < -0.4 is 15.8 Å². The molecule has 0 aliphatic rings. The normalized spacial score (nSPS) is 11.5. The summed E-state index contributed by atoms with van der Waals surface area (Å²) in [5.74, 6) is -0.490. The molecule has 0 radical (unpaired) electrons. The molecule has 5 nitrogen and oxygen atoms in total. The van der Waals surface area contributed by atoms with Crippen molar-refractivity contribution in [2.75, 3.05) is 5.32 Å². The molecule has 2 amide bonds. The maximum atomic E-state index is 12.1. The van der Waals surface area contributed by atoms with Crippen LogP contribution in [0, 0.1) is 0 Å². The van der Waals surface area contributed by atoms with E-state index in [0.29, 0.717) is 22.0 Å². The first kappa shape index (κ1) is 15.9. The van der Waals surface area contributed by atoms with Gasteiger partial charge in [0.2, 0.25) is 5.91 Å². The third-order valence-corrected chi connectivity index (χ3v) is 3.24. The average Bonchev–Trinajstić information content (AvgIpc) is 2.49. The Hall–Kier alpha value is -2.53. The maximum Gasteiger partial charge on any atom is 0.265 e. The zero-order valence-corrected chi connectivity index (χ0v) is 12.6. The van der Waals surface area contributed by atoms with Crippen LogP contribution in [0.1, 0.15) is 17.3 Å². The number of carbonyl (C=O) groups excluding carboxylic acids is 2. The first-order chi connectivity index (χ1) is 10.5. The van der Waals surface area contributed by atoms with E-state index < -0.39 is 12.0 Å². The molecule has 0 saturated heterocycles. The average molecular weight is 319 g/mol. The van der Waals surface area contributed by atoms with E-state index in [1.165, 1.54) is 6.07 Å². The monoisotopic (exact) mass is 318 g/mol. The van der Waals surface area contributed by atoms with Gasteiger partial charge >= 0.3 is 0 Å². The van der Waals surface area contributed by atoms with Gasteiger partial charge in [-0.25, -0.2) is 0 Å². The highest BCUT2D eigenvalue weighted by Crippen LogP contribution is 2.24. The Bertz CT molecular complexity index is 703. The molecule has 2 aromatic rings. The zero-order valence-electron chi connectivity index (χ0n) is 11.9. The highest BCUT2D eigenvalue weighted by Gasteiger charge is 2.16. The molecule has 0 unspecified atom stereocenters. The summed E-state index contributed by atoms with van der Waals surface area (Å²) < 4.78 is 5.52. The fraction of sp³-hybridized carbons (Fsp3) is 0.125. The lowest BCUT2D eigenvalue weighted by Crippen LogP contribution is -2.30. The number of amides is 2. The molecular weight excluding hydrogens is 304 g/mol. The minimum atomic E-state index is -0.753. The van der Waals surface area contributed by atoms with Gasteiger partial charge in [-0.15, -0.1) is 0 Å². The molecule has 0 aliphatic carbocycles. The first-order valence-corrected chi connectivity index (χ1v) is 6.97. The molecule has 3 N–H and O–H groups in total. The summed E-state index contributed by atoms with van der Waals surface area (Å²) in [4.78, 5) is 23.2. The standard InChI is InChI=1S/C16H15ClN2O3/c1-10(22-14-8-3-2-7-13(14)17)16(21)19-12-6-4-5-11(9-12)15(18)20/h2-10H,1H3,(H2,18,20)(H,19,21)/t10-/m1/s1. The topological polar surface area (TPSA) is 81.4 Å². The summed E-state index contributed by atoms with van der Waals surface area (Å²) in [5, 5.41) is 3.09. The van der Waals surface area contributed by atoms with E-state index in [1.54, 1.807) is 49.4 Å². The predicted octanol–water partition coefficient (Wildman–Crippen LogP) is 2.84. The molecule has 0 saturated carbocycles. The van der Waals surface area contributed by atoms with Crippen LogP contribution in [-0.2, 0) is 4.79 Å². The van der Waals surface area contributed by atoms with Gasteiger partial charge in [-0.05, 0) is 37.3 Å². The lowest BCUT2D eigenvalue weighted by molar-refractivity contribution is -0.122. The van der Waals surface area contributed by atoms with Crippen molar-refractivity contribution >= 4 is 29.1 Å². The van der Waals surface area contributed by atoms with Gasteiger partial charge in [-0.2, -0.15) is 0 Å². The quantitative estimate of drug-likeness (QED) is 0.889. The van der Waals surface area contributed by atoms with E-state index in [4.69, 9.17) is 22.1 Å². The Morgan fingerprint density at radius 3 is 2.59 bits per heavy atom. The second-order valence-electron chi connectivity index (χ2n) is 4.62. The lowest BCUT2D eigenvalue weighted by Gasteiger charge is -2.15. The van der Waals surface area contributed by atoms with Crippen LogP contribution in [0.2, 0.25) is 5.02 Å². The molecule has 2 aromatic carbocycles. The van der Waals surface area contributed by atoms with E-state index in [1.807, 2.05) is 0 Å². The number of halogens is 1. The van der Waals surface area contributed by atoms with Crippen molar-refractivity contribution in [3.63, 3.8) is 0 Å². The van der Waals surface area contributed by atoms with E-state index in [-0.39, 0.29) is 5.91 Å². The fourth-order valence-corrected chi connectivity index (χ4v) is 1.96.